The van der Waals surface area contributed by atoms with Gasteiger partial charge in [-0.3, -0.25) is 4.79 Å². The Balaban J connectivity index is 1.52. The van der Waals surface area contributed by atoms with Crippen molar-refractivity contribution >= 4 is 12.0 Å². The lowest BCUT2D eigenvalue weighted by Gasteiger charge is -2.34. The SMILES string of the molecule is CC(c1ccc(-n2cncn2)cc1)N(C)C(=O)C1CCN(C(=O)OCC(F)(F)F)CC1. The second-order valence-corrected chi connectivity index (χ2v) is 7.49. The summed E-state index contributed by atoms with van der Waals surface area (Å²) in [7, 11) is 1.72. The van der Waals surface area contributed by atoms with Gasteiger partial charge in [0.15, 0.2) is 6.61 Å². The van der Waals surface area contributed by atoms with E-state index in [0.717, 1.165) is 11.3 Å². The highest BCUT2D eigenvalue weighted by Crippen LogP contribution is 2.26. The number of aromatic nitrogens is 3. The molecule has 8 nitrogen and oxygen atoms in total. The topological polar surface area (TPSA) is 80.6 Å². The van der Waals surface area contributed by atoms with Gasteiger partial charge in [-0.2, -0.15) is 18.3 Å². The van der Waals surface area contributed by atoms with Gasteiger partial charge < -0.3 is 14.5 Å². The lowest BCUT2D eigenvalue weighted by atomic mass is 9.94. The lowest BCUT2D eigenvalue weighted by Crippen LogP contribution is -2.44. The van der Waals surface area contributed by atoms with E-state index < -0.39 is 18.9 Å². The highest BCUT2D eigenvalue weighted by Gasteiger charge is 2.34. The fourth-order valence-corrected chi connectivity index (χ4v) is 3.49. The summed E-state index contributed by atoms with van der Waals surface area (Å²) in [5.74, 6) is -0.357. The summed E-state index contributed by atoms with van der Waals surface area (Å²) in [5, 5.41) is 4.08. The molecule has 0 aliphatic carbocycles. The summed E-state index contributed by atoms with van der Waals surface area (Å²) in [5.41, 5.74) is 1.81. The predicted octanol–water partition coefficient (Wildman–Crippen LogP) is 3.20. The van der Waals surface area contributed by atoms with Crippen molar-refractivity contribution < 1.29 is 27.5 Å². The van der Waals surface area contributed by atoms with E-state index >= 15 is 0 Å². The molecule has 31 heavy (non-hydrogen) atoms. The molecule has 168 valence electrons. The van der Waals surface area contributed by atoms with Crippen LogP contribution >= 0.6 is 0 Å². The molecule has 3 rings (SSSR count). The first-order chi connectivity index (χ1) is 14.7. The Bertz CT molecular complexity index is 878. The number of ether oxygens (including phenoxy) is 1. The van der Waals surface area contributed by atoms with Crippen molar-refractivity contribution in [3.63, 3.8) is 0 Å². The van der Waals surface area contributed by atoms with Gasteiger partial charge in [-0.25, -0.2) is 14.5 Å². The molecular weight excluding hydrogens is 415 g/mol. The number of piperidine rings is 1. The number of nitrogens with zero attached hydrogens (tertiary/aromatic N) is 5. The van der Waals surface area contributed by atoms with E-state index in [2.05, 4.69) is 14.8 Å². The molecule has 0 bridgehead atoms. The molecular formula is C20H24F3N5O3. The maximum Gasteiger partial charge on any atom is 0.422 e. The Morgan fingerprint density at radius 2 is 1.87 bits per heavy atom. The van der Waals surface area contributed by atoms with Gasteiger partial charge in [0.1, 0.15) is 12.7 Å². The number of hydrogen-bond acceptors (Lipinski definition) is 5. The summed E-state index contributed by atoms with van der Waals surface area (Å²) in [6.45, 7) is 0.677. The van der Waals surface area contributed by atoms with Gasteiger partial charge in [-0.05, 0) is 37.5 Å². The first-order valence-corrected chi connectivity index (χ1v) is 9.86. The average Bonchev–Trinajstić information content (AvgIpc) is 3.30. The smallest absolute Gasteiger partial charge is 0.422 e. The first kappa shape index (κ1) is 22.6. The van der Waals surface area contributed by atoms with Crippen molar-refractivity contribution in [3.8, 4) is 5.69 Å². The summed E-state index contributed by atoms with van der Waals surface area (Å²) in [6, 6.07) is 7.45. The minimum Gasteiger partial charge on any atom is -0.440 e. The number of carbonyl (C=O) groups excluding carboxylic acids is 2. The Kier molecular flexibility index (Phi) is 6.81. The Hall–Kier alpha value is -3.11. The number of likely N-dealkylation sites (tertiary alicyclic amines) is 1. The molecule has 2 amide bonds. The van der Waals surface area contributed by atoms with Gasteiger partial charge in [-0.1, -0.05) is 12.1 Å². The van der Waals surface area contributed by atoms with Crippen molar-refractivity contribution in [2.75, 3.05) is 26.7 Å². The minimum atomic E-state index is -4.56. The Labute approximate surface area is 177 Å². The minimum absolute atomic E-state index is 0.0591. The van der Waals surface area contributed by atoms with Crippen molar-refractivity contribution in [1.82, 2.24) is 24.6 Å². The first-order valence-electron chi connectivity index (χ1n) is 9.86. The summed E-state index contributed by atoms with van der Waals surface area (Å²) < 4.78 is 42.5. The van der Waals surface area contributed by atoms with Gasteiger partial charge >= 0.3 is 12.3 Å². The zero-order valence-corrected chi connectivity index (χ0v) is 17.2. The van der Waals surface area contributed by atoms with Crippen molar-refractivity contribution in [3.05, 3.63) is 42.5 Å². The van der Waals surface area contributed by atoms with Crippen LogP contribution < -0.4 is 0 Å². The monoisotopic (exact) mass is 439 g/mol. The standard InChI is InChI=1S/C20H24F3N5O3/c1-14(15-3-5-17(6-4-15)28-13-24-12-25-28)26(2)18(29)16-7-9-27(10-8-16)19(30)31-11-20(21,22)23/h3-6,12-14,16H,7-11H2,1-2H3. The van der Waals surface area contributed by atoms with Crippen molar-refractivity contribution in [2.24, 2.45) is 5.92 Å². The Morgan fingerprint density at radius 1 is 1.23 bits per heavy atom. The number of alkyl halides is 3. The zero-order chi connectivity index (χ0) is 22.6. The second-order valence-electron chi connectivity index (χ2n) is 7.49. The zero-order valence-electron chi connectivity index (χ0n) is 17.2. The predicted molar refractivity (Wildman–Crippen MR) is 104 cm³/mol. The van der Waals surface area contributed by atoms with Crippen LogP contribution in [0.2, 0.25) is 0 Å². The van der Waals surface area contributed by atoms with E-state index in [1.807, 2.05) is 31.2 Å². The molecule has 1 aromatic heterocycles. The third-order valence-corrected chi connectivity index (χ3v) is 5.45. The molecule has 2 aromatic rings. The van der Waals surface area contributed by atoms with E-state index in [0.29, 0.717) is 12.8 Å². The number of halogens is 3. The van der Waals surface area contributed by atoms with Gasteiger partial charge in [0.2, 0.25) is 5.91 Å². The molecule has 0 N–H and O–H groups in total. The molecule has 1 aromatic carbocycles. The molecule has 1 unspecified atom stereocenters. The van der Waals surface area contributed by atoms with Gasteiger partial charge in [0, 0.05) is 26.1 Å². The van der Waals surface area contributed by atoms with Crippen LogP contribution in [0.5, 0.6) is 0 Å². The average molecular weight is 439 g/mol. The second kappa shape index (κ2) is 9.36. The van der Waals surface area contributed by atoms with Gasteiger partial charge in [-0.15, -0.1) is 0 Å². The van der Waals surface area contributed by atoms with Crippen LogP contribution in [-0.2, 0) is 9.53 Å². The lowest BCUT2D eigenvalue weighted by molar-refractivity contribution is -0.162. The van der Waals surface area contributed by atoms with Crippen LogP contribution in [0.4, 0.5) is 18.0 Å². The van der Waals surface area contributed by atoms with E-state index in [9.17, 15) is 22.8 Å². The molecule has 1 atom stereocenters. The molecule has 11 heteroatoms. The van der Waals surface area contributed by atoms with Crippen LogP contribution in [0.15, 0.2) is 36.9 Å². The molecule has 0 saturated carbocycles. The van der Waals surface area contributed by atoms with E-state index in [4.69, 9.17) is 0 Å². The molecule has 1 aliphatic heterocycles. The third-order valence-electron chi connectivity index (χ3n) is 5.45. The molecule has 0 spiro atoms. The van der Waals surface area contributed by atoms with E-state index in [-0.39, 0.29) is 31.0 Å². The van der Waals surface area contributed by atoms with Crippen LogP contribution in [0, 0.1) is 5.92 Å². The Morgan fingerprint density at radius 3 is 2.42 bits per heavy atom. The molecule has 0 radical (unpaired) electrons. The number of amides is 2. The van der Waals surface area contributed by atoms with E-state index in [1.54, 1.807) is 23.0 Å². The highest BCUT2D eigenvalue weighted by molar-refractivity contribution is 5.79. The largest absolute Gasteiger partial charge is 0.440 e. The van der Waals surface area contributed by atoms with Crippen molar-refractivity contribution in [2.45, 2.75) is 32.0 Å². The fourth-order valence-electron chi connectivity index (χ4n) is 3.49. The number of hydrogen-bond donors (Lipinski definition) is 0. The van der Waals surface area contributed by atoms with E-state index in [1.165, 1.54) is 11.2 Å². The van der Waals surface area contributed by atoms with Crippen LogP contribution in [0.1, 0.15) is 31.4 Å². The quantitative estimate of drug-likeness (QED) is 0.715. The number of rotatable bonds is 5. The number of carbonyl (C=O) groups is 2. The summed E-state index contributed by atoms with van der Waals surface area (Å²) >= 11 is 0. The number of benzene rings is 1. The molecule has 1 fully saturated rings. The van der Waals surface area contributed by atoms with Crippen LogP contribution in [0.25, 0.3) is 5.69 Å². The summed E-state index contributed by atoms with van der Waals surface area (Å²) in [4.78, 5) is 31.5. The summed E-state index contributed by atoms with van der Waals surface area (Å²) in [6.07, 6.45) is -1.76. The van der Waals surface area contributed by atoms with Gasteiger partial charge in [0.25, 0.3) is 0 Å². The molecule has 2 heterocycles. The van der Waals surface area contributed by atoms with Gasteiger partial charge in [0.05, 0.1) is 11.7 Å². The molecule has 1 saturated heterocycles. The van der Waals surface area contributed by atoms with Crippen molar-refractivity contribution in [1.29, 1.82) is 0 Å². The maximum absolute atomic E-state index is 12.9. The maximum atomic E-state index is 12.9. The normalized spacial score (nSPS) is 16.1. The fraction of sp³-hybridized carbons (Fsp3) is 0.500. The molecule has 1 aliphatic rings. The highest BCUT2D eigenvalue weighted by atomic mass is 19.4. The van der Waals surface area contributed by atoms with Crippen LogP contribution in [0.3, 0.4) is 0 Å². The van der Waals surface area contributed by atoms with Crippen LogP contribution in [-0.4, -0.2) is 69.5 Å². The third kappa shape index (κ3) is 5.74.